The lowest BCUT2D eigenvalue weighted by Crippen LogP contribution is -2.30. The van der Waals surface area contributed by atoms with E-state index in [1.54, 1.807) is 19.1 Å². The lowest BCUT2D eigenvalue weighted by atomic mass is 10.2. The third-order valence-electron chi connectivity index (χ3n) is 4.54. The third-order valence-corrected chi connectivity index (χ3v) is 4.54. The van der Waals surface area contributed by atoms with Crippen molar-refractivity contribution >= 4 is 28.9 Å². The molecule has 1 atom stereocenters. The van der Waals surface area contributed by atoms with Crippen molar-refractivity contribution in [2.75, 3.05) is 42.3 Å². The maximum atomic E-state index is 12.3. The van der Waals surface area contributed by atoms with Gasteiger partial charge in [0.1, 0.15) is 0 Å². The third kappa shape index (κ3) is 5.49. The van der Waals surface area contributed by atoms with Crippen LogP contribution in [-0.2, 0) is 9.53 Å². The van der Waals surface area contributed by atoms with Crippen LogP contribution in [0.3, 0.4) is 0 Å². The van der Waals surface area contributed by atoms with Crippen LogP contribution in [0.5, 0.6) is 0 Å². The van der Waals surface area contributed by atoms with Gasteiger partial charge in [0.15, 0.2) is 6.10 Å². The molecule has 150 valence electrons. The largest absolute Gasteiger partial charge is 0.449 e. The van der Waals surface area contributed by atoms with Gasteiger partial charge in [0, 0.05) is 44.2 Å². The molecule has 0 saturated carbocycles. The van der Waals surface area contributed by atoms with Crippen molar-refractivity contribution in [3.63, 3.8) is 0 Å². The summed E-state index contributed by atoms with van der Waals surface area (Å²) in [5.41, 5.74) is 3.16. The van der Waals surface area contributed by atoms with Crippen molar-refractivity contribution < 1.29 is 14.3 Å². The van der Waals surface area contributed by atoms with Crippen molar-refractivity contribution in [1.29, 1.82) is 0 Å². The van der Waals surface area contributed by atoms with Crippen molar-refractivity contribution in [3.05, 3.63) is 54.1 Å². The molecule has 0 fully saturated rings. The van der Waals surface area contributed by atoms with E-state index < -0.39 is 12.1 Å². The summed E-state index contributed by atoms with van der Waals surface area (Å²) in [6.07, 6.45) is -0.900. The molecular weight excluding hydrogens is 354 g/mol. The van der Waals surface area contributed by atoms with E-state index in [1.807, 2.05) is 55.4 Å². The fraction of sp³-hybridized carbons (Fsp3) is 0.364. The first-order valence-corrected chi connectivity index (χ1v) is 9.50. The maximum Gasteiger partial charge on any atom is 0.338 e. The first-order chi connectivity index (χ1) is 13.3. The van der Waals surface area contributed by atoms with Crippen molar-refractivity contribution in [2.24, 2.45) is 0 Å². The number of hydrogen-bond acceptors (Lipinski definition) is 5. The van der Waals surface area contributed by atoms with Crippen molar-refractivity contribution in [3.8, 4) is 0 Å². The van der Waals surface area contributed by atoms with E-state index in [2.05, 4.69) is 24.1 Å². The molecule has 0 unspecified atom stereocenters. The average molecular weight is 383 g/mol. The van der Waals surface area contributed by atoms with Crippen LogP contribution in [0.4, 0.5) is 17.1 Å². The number of ether oxygens (including phenoxy) is 1. The molecule has 0 aliphatic heterocycles. The maximum absolute atomic E-state index is 12.3. The minimum absolute atomic E-state index is 0.370. The van der Waals surface area contributed by atoms with Crippen molar-refractivity contribution in [2.45, 2.75) is 26.9 Å². The zero-order valence-electron chi connectivity index (χ0n) is 17.2. The minimum atomic E-state index is -0.900. The quantitative estimate of drug-likeness (QED) is 0.703. The highest BCUT2D eigenvalue weighted by Crippen LogP contribution is 2.17. The zero-order chi connectivity index (χ0) is 20.7. The molecule has 0 saturated heterocycles. The van der Waals surface area contributed by atoms with Crippen molar-refractivity contribution in [1.82, 2.24) is 0 Å². The molecule has 0 spiro atoms. The number of hydrogen-bond donors (Lipinski definition) is 1. The number of nitrogens with one attached hydrogen (secondary N) is 1. The Labute approximate surface area is 167 Å². The highest BCUT2D eigenvalue weighted by Gasteiger charge is 2.19. The highest BCUT2D eigenvalue weighted by atomic mass is 16.5. The first-order valence-electron chi connectivity index (χ1n) is 9.50. The van der Waals surface area contributed by atoms with Gasteiger partial charge in [0.05, 0.1) is 5.56 Å². The Hall–Kier alpha value is -3.02. The van der Waals surface area contributed by atoms with Gasteiger partial charge in [0.2, 0.25) is 0 Å². The number of benzene rings is 2. The van der Waals surface area contributed by atoms with Gasteiger partial charge in [-0.15, -0.1) is 0 Å². The summed E-state index contributed by atoms with van der Waals surface area (Å²) in [4.78, 5) is 28.8. The Bertz CT molecular complexity index is 782. The van der Waals surface area contributed by atoms with E-state index in [1.165, 1.54) is 0 Å². The Morgan fingerprint density at radius 2 is 1.46 bits per heavy atom. The summed E-state index contributed by atoms with van der Waals surface area (Å²) < 4.78 is 5.31. The Kier molecular flexibility index (Phi) is 7.44. The predicted octanol–water partition coefficient (Wildman–Crippen LogP) is 3.78. The first kappa shape index (κ1) is 21.3. The van der Waals surface area contributed by atoms with Gasteiger partial charge in [-0.2, -0.15) is 0 Å². The summed E-state index contributed by atoms with van der Waals surface area (Å²) in [7, 11) is 3.90. The average Bonchev–Trinajstić information content (AvgIpc) is 2.69. The summed E-state index contributed by atoms with van der Waals surface area (Å²) in [6.45, 7) is 7.52. The van der Waals surface area contributed by atoms with Crippen LogP contribution in [0.1, 0.15) is 31.1 Å². The number of anilines is 3. The van der Waals surface area contributed by atoms with Gasteiger partial charge in [-0.05, 0) is 69.3 Å². The monoisotopic (exact) mass is 383 g/mol. The van der Waals surface area contributed by atoms with Gasteiger partial charge in [0.25, 0.3) is 5.91 Å². The summed E-state index contributed by atoms with van der Waals surface area (Å²) in [5.74, 6) is -0.887. The van der Waals surface area contributed by atoms with Crippen LogP contribution < -0.4 is 15.1 Å². The minimum Gasteiger partial charge on any atom is -0.449 e. The predicted molar refractivity (Wildman–Crippen MR) is 114 cm³/mol. The van der Waals surface area contributed by atoms with Gasteiger partial charge in [-0.25, -0.2) is 4.79 Å². The molecule has 0 aliphatic rings. The normalized spacial score (nSPS) is 11.5. The van der Waals surface area contributed by atoms with Crippen LogP contribution in [-0.4, -0.2) is 45.2 Å². The number of nitrogens with zero attached hydrogens (tertiary/aromatic N) is 2. The van der Waals surface area contributed by atoms with E-state index in [-0.39, 0.29) is 5.91 Å². The van der Waals surface area contributed by atoms with Gasteiger partial charge in [-0.1, -0.05) is 0 Å². The molecule has 0 radical (unpaired) electrons. The van der Waals surface area contributed by atoms with Crippen LogP contribution >= 0.6 is 0 Å². The highest BCUT2D eigenvalue weighted by molar-refractivity contribution is 5.97. The topological polar surface area (TPSA) is 61.9 Å². The zero-order valence-corrected chi connectivity index (χ0v) is 17.2. The molecule has 6 heteroatoms. The van der Waals surface area contributed by atoms with E-state index >= 15 is 0 Å². The smallest absolute Gasteiger partial charge is 0.338 e. The number of esters is 1. The molecule has 2 rings (SSSR count). The number of carbonyl (C=O) groups excluding carboxylic acids is 2. The summed E-state index contributed by atoms with van der Waals surface area (Å²) in [6, 6.07) is 14.7. The van der Waals surface area contributed by atoms with E-state index in [4.69, 9.17) is 4.74 Å². The molecular formula is C22H29N3O3. The molecule has 2 aromatic carbocycles. The number of carbonyl (C=O) groups is 2. The molecule has 0 bridgehead atoms. The second-order valence-electron chi connectivity index (χ2n) is 6.70. The molecule has 0 aromatic heterocycles. The van der Waals surface area contributed by atoms with E-state index in [9.17, 15) is 9.59 Å². The SMILES string of the molecule is CCN(CC)c1ccc(C(=O)O[C@H](C)C(=O)Nc2ccc(N(C)C)cc2)cc1. The van der Waals surface area contributed by atoms with Crippen LogP contribution in [0.2, 0.25) is 0 Å². The molecule has 0 aliphatic carbocycles. The molecule has 6 nitrogen and oxygen atoms in total. The fourth-order valence-corrected chi connectivity index (χ4v) is 2.77. The lowest BCUT2D eigenvalue weighted by Gasteiger charge is -2.21. The molecule has 1 N–H and O–H groups in total. The van der Waals surface area contributed by atoms with Gasteiger partial charge >= 0.3 is 5.97 Å². The lowest BCUT2D eigenvalue weighted by molar-refractivity contribution is -0.123. The fourth-order valence-electron chi connectivity index (χ4n) is 2.77. The molecule has 28 heavy (non-hydrogen) atoms. The Morgan fingerprint density at radius 1 is 0.929 bits per heavy atom. The number of rotatable bonds is 8. The second kappa shape index (κ2) is 9.78. The Morgan fingerprint density at radius 3 is 1.96 bits per heavy atom. The van der Waals surface area contributed by atoms with Gasteiger partial charge < -0.3 is 19.9 Å². The standard InChI is InChI=1S/C22H29N3O3/c1-6-25(7-2)20-12-8-17(9-13-20)22(27)28-16(3)21(26)23-18-10-14-19(15-11-18)24(4)5/h8-16H,6-7H2,1-5H3,(H,23,26)/t16-/m1/s1. The molecule has 1 amide bonds. The molecule has 2 aromatic rings. The molecule has 0 heterocycles. The van der Waals surface area contributed by atoms with Crippen LogP contribution in [0.15, 0.2) is 48.5 Å². The van der Waals surface area contributed by atoms with Gasteiger partial charge in [-0.3, -0.25) is 4.79 Å². The van der Waals surface area contributed by atoms with Crippen LogP contribution in [0.25, 0.3) is 0 Å². The van der Waals surface area contributed by atoms with E-state index in [0.717, 1.165) is 24.5 Å². The number of amides is 1. The summed E-state index contributed by atoms with van der Waals surface area (Å²) in [5, 5.41) is 2.76. The van der Waals surface area contributed by atoms with E-state index in [0.29, 0.717) is 11.3 Å². The summed E-state index contributed by atoms with van der Waals surface area (Å²) >= 11 is 0. The Balaban J connectivity index is 1.94. The second-order valence-corrected chi connectivity index (χ2v) is 6.70. The van der Waals surface area contributed by atoms with Crippen LogP contribution in [0, 0.1) is 0 Å².